The van der Waals surface area contributed by atoms with Gasteiger partial charge in [-0.3, -0.25) is 14.0 Å². The molecule has 0 aliphatic carbocycles. The normalized spacial score (nSPS) is 14.5. The van der Waals surface area contributed by atoms with Crippen molar-refractivity contribution in [1.29, 1.82) is 0 Å². The summed E-state index contributed by atoms with van der Waals surface area (Å²) in [6.45, 7) is 2.19. The first-order chi connectivity index (χ1) is 15.8. The molecule has 0 atom stereocenters. The average molecular weight is 475 g/mol. The molecule has 0 spiro atoms. The summed E-state index contributed by atoms with van der Waals surface area (Å²) < 4.78 is 36.1. The lowest BCUT2D eigenvalue weighted by Gasteiger charge is -2.27. The zero-order valence-corrected chi connectivity index (χ0v) is 20.0. The highest BCUT2D eigenvalue weighted by molar-refractivity contribution is 7.92. The third kappa shape index (κ3) is 6.93. The van der Waals surface area contributed by atoms with E-state index in [-0.39, 0.29) is 0 Å². The third-order valence-corrected chi connectivity index (χ3v) is 6.50. The second kappa shape index (κ2) is 11.2. The highest BCUT2D eigenvalue weighted by atomic mass is 32.2. The van der Waals surface area contributed by atoms with Crippen LogP contribution in [0.1, 0.15) is 18.4 Å². The fourth-order valence-corrected chi connectivity index (χ4v) is 4.46. The molecule has 1 fully saturated rings. The van der Waals surface area contributed by atoms with Crippen LogP contribution in [0.5, 0.6) is 11.5 Å². The van der Waals surface area contributed by atoms with Crippen LogP contribution in [0.3, 0.4) is 0 Å². The summed E-state index contributed by atoms with van der Waals surface area (Å²) in [5.74, 6) is 0.310. The van der Waals surface area contributed by atoms with Gasteiger partial charge in [0.25, 0.3) is 5.91 Å². The maximum atomic E-state index is 12.5. The van der Waals surface area contributed by atoms with Crippen LogP contribution in [-0.2, 0) is 21.4 Å². The average Bonchev–Trinajstić information content (AvgIpc) is 2.81. The molecule has 1 N–H and O–H groups in total. The number of carbonyl (C=O) groups excluding carboxylic acids is 1. The Balaban J connectivity index is 1.58. The van der Waals surface area contributed by atoms with Crippen molar-refractivity contribution in [2.45, 2.75) is 19.4 Å². The molecule has 0 radical (unpaired) electrons. The number of hydrogen-bond donors (Lipinski definition) is 1. The molecule has 33 heavy (non-hydrogen) atoms. The Labute approximate surface area is 195 Å². The largest absolute Gasteiger partial charge is 0.493 e. The van der Waals surface area contributed by atoms with Crippen molar-refractivity contribution < 1.29 is 22.7 Å². The number of methoxy groups -OCH3 is 2. The van der Waals surface area contributed by atoms with Gasteiger partial charge in [0.1, 0.15) is 6.54 Å². The Bertz CT molecular complexity index is 1080. The van der Waals surface area contributed by atoms with E-state index in [0.717, 1.165) is 48.7 Å². The predicted molar refractivity (Wildman–Crippen MR) is 128 cm³/mol. The molecule has 2 aromatic carbocycles. The van der Waals surface area contributed by atoms with Crippen LogP contribution >= 0.6 is 0 Å². The first-order valence-electron chi connectivity index (χ1n) is 10.6. The van der Waals surface area contributed by atoms with Gasteiger partial charge in [0.2, 0.25) is 10.0 Å². The van der Waals surface area contributed by atoms with E-state index in [9.17, 15) is 13.2 Å². The molecule has 9 nitrogen and oxygen atoms in total. The number of hydrazone groups is 1. The molecule has 2 aromatic rings. The Morgan fingerprint density at radius 3 is 2.33 bits per heavy atom. The number of benzene rings is 2. The van der Waals surface area contributed by atoms with Crippen molar-refractivity contribution in [3.05, 3.63) is 54.1 Å². The van der Waals surface area contributed by atoms with Gasteiger partial charge in [-0.2, -0.15) is 5.10 Å². The Kier molecular flexibility index (Phi) is 8.29. The summed E-state index contributed by atoms with van der Waals surface area (Å²) in [7, 11) is -0.767. The van der Waals surface area contributed by atoms with Crippen LogP contribution < -0.4 is 19.2 Å². The molecule has 0 aromatic heterocycles. The van der Waals surface area contributed by atoms with E-state index in [0.29, 0.717) is 17.2 Å². The summed E-state index contributed by atoms with van der Waals surface area (Å²) in [6.07, 6.45) is 2.54. The van der Waals surface area contributed by atoms with Gasteiger partial charge in [-0.25, -0.2) is 13.8 Å². The van der Waals surface area contributed by atoms with E-state index >= 15 is 0 Å². The van der Waals surface area contributed by atoms with Gasteiger partial charge in [0.15, 0.2) is 11.5 Å². The Morgan fingerprint density at radius 1 is 1.06 bits per heavy atom. The molecule has 1 heterocycles. The lowest BCUT2D eigenvalue weighted by molar-refractivity contribution is -0.119. The van der Waals surface area contributed by atoms with Gasteiger partial charge < -0.3 is 9.47 Å². The van der Waals surface area contributed by atoms with Crippen LogP contribution in [0, 0.1) is 0 Å². The number of sulfonamides is 1. The minimum Gasteiger partial charge on any atom is -0.493 e. The molecule has 1 aliphatic heterocycles. The van der Waals surface area contributed by atoms with Crippen molar-refractivity contribution in [3.8, 4) is 11.5 Å². The molecular formula is C23H30N4O5S. The Hall–Kier alpha value is -3.11. The predicted octanol–water partition coefficient (Wildman–Crippen LogP) is 2.24. The number of amides is 1. The number of likely N-dealkylation sites (tertiary alicyclic amines) is 1. The van der Waals surface area contributed by atoms with Gasteiger partial charge in [-0.15, -0.1) is 0 Å². The number of piperidine rings is 1. The second-order valence-electron chi connectivity index (χ2n) is 7.78. The van der Waals surface area contributed by atoms with Crippen molar-refractivity contribution in [2.75, 3.05) is 44.4 Å². The maximum absolute atomic E-state index is 12.5. The van der Waals surface area contributed by atoms with Crippen LogP contribution in [0.25, 0.3) is 0 Å². The van der Waals surface area contributed by atoms with Crippen molar-refractivity contribution >= 4 is 27.3 Å². The highest BCUT2D eigenvalue weighted by Gasteiger charge is 2.23. The minimum absolute atomic E-state index is 0.298. The van der Waals surface area contributed by atoms with Crippen LogP contribution in [0.2, 0.25) is 0 Å². The highest BCUT2D eigenvalue weighted by Crippen LogP contribution is 2.32. The van der Waals surface area contributed by atoms with Crippen molar-refractivity contribution in [2.24, 2.45) is 5.10 Å². The monoisotopic (exact) mass is 474 g/mol. The number of carbonyl (C=O) groups is 1. The van der Waals surface area contributed by atoms with Gasteiger partial charge in [0.05, 0.1) is 26.2 Å². The number of ether oxygens (including phenoxy) is 2. The third-order valence-electron chi connectivity index (χ3n) is 5.36. The Morgan fingerprint density at radius 2 is 1.73 bits per heavy atom. The summed E-state index contributed by atoms with van der Waals surface area (Å²) >= 11 is 0. The number of anilines is 1. The van der Waals surface area contributed by atoms with E-state index in [2.05, 4.69) is 27.6 Å². The molecule has 1 aliphatic rings. The van der Waals surface area contributed by atoms with Gasteiger partial charge >= 0.3 is 0 Å². The quantitative estimate of drug-likeness (QED) is 0.560. The topological polar surface area (TPSA) is 101 Å². The lowest BCUT2D eigenvalue weighted by Crippen LogP contribution is -2.40. The molecule has 0 unspecified atom stereocenters. The second-order valence-corrected chi connectivity index (χ2v) is 9.69. The van der Waals surface area contributed by atoms with E-state index in [1.165, 1.54) is 25.8 Å². The molecule has 10 heteroatoms. The zero-order valence-electron chi connectivity index (χ0n) is 19.2. The zero-order chi connectivity index (χ0) is 23.8. The minimum atomic E-state index is -3.72. The molecule has 3 rings (SSSR count). The fraction of sp³-hybridized carbons (Fsp3) is 0.391. The molecule has 1 saturated heterocycles. The van der Waals surface area contributed by atoms with Crippen LogP contribution in [0.4, 0.5) is 5.69 Å². The molecule has 0 saturated carbocycles. The van der Waals surface area contributed by atoms with Gasteiger partial charge in [-0.05, 0) is 17.7 Å². The summed E-state index contributed by atoms with van der Waals surface area (Å²) in [6, 6.07) is 14.9. The SMILES string of the molecule is COc1ccc(N(CC(=O)NN=C2CCN(Cc3ccccc3)CC2)S(C)(=O)=O)cc1OC. The fourth-order valence-electron chi connectivity index (χ4n) is 3.61. The maximum Gasteiger partial charge on any atom is 0.260 e. The summed E-state index contributed by atoms with van der Waals surface area (Å²) in [5, 5.41) is 4.24. The lowest BCUT2D eigenvalue weighted by atomic mass is 10.1. The molecular weight excluding hydrogens is 444 g/mol. The molecule has 0 bridgehead atoms. The standard InChI is InChI=1S/C23H30N4O5S/c1-31-21-10-9-20(15-22(21)32-2)27(33(3,29)30)17-23(28)25-24-19-11-13-26(14-12-19)16-18-7-5-4-6-8-18/h4-10,15H,11-14,16-17H2,1-3H3,(H,25,28). The number of hydrogen-bond acceptors (Lipinski definition) is 7. The summed E-state index contributed by atoms with van der Waals surface area (Å²) in [5.41, 5.74) is 4.97. The number of rotatable bonds is 9. The van der Waals surface area contributed by atoms with Crippen LogP contribution in [-0.4, -0.2) is 65.0 Å². The molecule has 1 amide bonds. The van der Waals surface area contributed by atoms with Crippen molar-refractivity contribution in [3.63, 3.8) is 0 Å². The smallest absolute Gasteiger partial charge is 0.260 e. The van der Waals surface area contributed by atoms with E-state index in [1.807, 2.05) is 18.2 Å². The number of nitrogens with zero attached hydrogens (tertiary/aromatic N) is 3. The first-order valence-corrected chi connectivity index (χ1v) is 12.4. The first kappa shape index (κ1) is 24.5. The number of nitrogens with one attached hydrogen (secondary N) is 1. The van der Waals surface area contributed by atoms with E-state index in [1.54, 1.807) is 12.1 Å². The van der Waals surface area contributed by atoms with Gasteiger partial charge in [-0.1, -0.05) is 30.3 Å². The van der Waals surface area contributed by atoms with Crippen LogP contribution in [0.15, 0.2) is 53.6 Å². The van der Waals surface area contributed by atoms with Gasteiger partial charge in [0, 0.05) is 44.3 Å². The van der Waals surface area contributed by atoms with Crippen molar-refractivity contribution in [1.82, 2.24) is 10.3 Å². The van der Waals surface area contributed by atoms with E-state index in [4.69, 9.17) is 9.47 Å². The van der Waals surface area contributed by atoms with E-state index < -0.39 is 22.5 Å². The molecule has 178 valence electrons. The summed E-state index contributed by atoms with van der Waals surface area (Å²) in [4.78, 5) is 14.9.